The number of fused-ring (bicyclic) bond motifs is 1. The molecule has 1 aliphatic rings. The molecule has 1 aromatic heterocycles. The van der Waals surface area contributed by atoms with E-state index < -0.39 is 0 Å². The van der Waals surface area contributed by atoms with Crippen molar-refractivity contribution < 1.29 is 9.53 Å². The average Bonchev–Trinajstić information content (AvgIpc) is 3.16. The molecule has 0 N–H and O–H groups in total. The number of benzene rings is 2. The number of nitrogens with zero attached hydrogens (tertiary/aromatic N) is 3. The second-order valence-corrected chi connectivity index (χ2v) is 7.38. The van der Waals surface area contributed by atoms with Gasteiger partial charge in [-0.05, 0) is 37.0 Å². The van der Waals surface area contributed by atoms with E-state index in [2.05, 4.69) is 16.7 Å². The fraction of sp³-hybridized carbons (Fsp3) is 0.333. The van der Waals surface area contributed by atoms with Crippen molar-refractivity contribution in [2.24, 2.45) is 0 Å². The van der Waals surface area contributed by atoms with Crippen LogP contribution < -0.4 is 0 Å². The van der Waals surface area contributed by atoms with Gasteiger partial charge < -0.3 is 14.2 Å². The van der Waals surface area contributed by atoms with Gasteiger partial charge >= 0.3 is 0 Å². The van der Waals surface area contributed by atoms with E-state index in [4.69, 9.17) is 4.74 Å². The van der Waals surface area contributed by atoms with Crippen molar-refractivity contribution in [3.8, 4) is 6.07 Å². The van der Waals surface area contributed by atoms with Crippen LogP contribution in [0.25, 0.3) is 10.9 Å². The molecule has 0 unspecified atom stereocenters. The third kappa shape index (κ3) is 4.18. The van der Waals surface area contributed by atoms with Gasteiger partial charge in [-0.2, -0.15) is 5.26 Å². The van der Waals surface area contributed by atoms with Crippen LogP contribution in [0.5, 0.6) is 0 Å². The molecule has 1 saturated heterocycles. The van der Waals surface area contributed by atoms with Gasteiger partial charge in [0.05, 0.1) is 30.4 Å². The maximum Gasteiger partial charge on any atom is 0.256 e. The summed E-state index contributed by atoms with van der Waals surface area (Å²) in [6.07, 6.45) is 4.88. The summed E-state index contributed by atoms with van der Waals surface area (Å²) >= 11 is 0. The summed E-state index contributed by atoms with van der Waals surface area (Å²) in [6.45, 7) is 3.36. The number of aryl methyl sites for hydroxylation is 2. The van der Waals surface area contributed by atoms with Crippen LogP contribution in [0.2, 0.25) is 0 Å². The van der Waals surface area contributed by atoms with E-state index in [9.17, 15) is 10.1 Å². The van der Waals surface area contributed by atoms with E-state index in [1.54, 1.807) is 0 Å². The molecule has 1 aliphatic heterocycles. The molecule has 1 fully saturated rings. The number of hydrogen-bond acceptors (Lipinski definition) is 3. The van der Waals surface area contributed by atoms with Crippen LogP contribution in [0.3, 0.4) is 0 Å². The van der Waals surface area contributed by atoms with E-state index in [1.165, 1.54) is 0 Å². The summed E-state index contributed by atoms with van der Waals surface area (Å²) in [6, 6.07) is 18.2. The molecule has 148 valence electrons. The Balaban J connectivity index is 1.46. The largest absolute Gasteiger partial charge is 0.378 e. The van der Waals surface area contributed by atoms with Crippen LogP contribution >= 0.6 is 0 Å². The second-order valence-electron chi connectivity index (χ2n) is 7.38. The summed E-state index contributed by atoms with van der Waals surface area (Å²) in [7, 11) is 0. The minimum Gasteiger partial charge on any atom is -0.378 e. The molecule has 3 aromatic rings. The highest BCUT2D eigenvalue weighted by atomic mass is 16.5. The van der Waals surface area contributed by atoms with Crippen molar-refractivity contribution in [2.45, 2.75) is 25.8 Å². The van der Waals surface area contributed by atoms with Crippen molar-refractivity contribution in [1.29, 1.82) is 5.26 Å². The topological polar surface area (TPSA) is 58.3 Å². The first-order valence-electron chi connectivity index (χ1n) is 10.2. The smallest absolute Gasteiger partial charge is 0.256 e. The summed E-state index contributed by atoms with van der Waals surface area (Å²) in [5.74, 6) is 0.0891. The van der Waals surface area contributed by atoms with Gasteiger partial charge in [0.25, 0.3) is 5.91 Å². The van der Waals surface area contributed by atoms with Gasteiger partial charge in [0, 0.05) is 36.7 Å². The lowest BCUT2D eigenvalue weighted by atomic mass is 10.0. The van der Waals surface area contributed by atoms with Gasteiger partial charge in [0.1, 0.15) is 0 Å². The fourth-order valence-corrected chi connectivity index (χ4v) is 3.98. The van der Waals surface area contributed by atoms with Crippen molar-refractivity contribution in [2.75, 3.05) is 26.3 Å². The molecule has 0 radical (unpaired) electrons. The molecule has 0 saturated carbocycles. The van der Waals surface area contributed by atoms with Gasteiger partial charge in [-0.3, -0.25) is 4.79 Å². The number of unbranched alkanes of at least 4 members (excludes halogenated alkanes) is 1. The SMILES string of the molecule is N#Cc1ccccc1CCCCn1cc(C(=O)N2CCOCC2)c2ccccc21. The third-order valence-electron chi connectivity index (χ3n) is 5.55. The van der Waals surface area contributed by atoms with E-state index in [1.807, 2.05) is 53.6 Å². The van der Waals surface area contributed by atoms with Crippen molar-refractivity contribution in [1.82, 2.24) is 9.47 Å². The minimum atomic E-state index is 0.0891. The minimum absolute atomic E-state index is 0.0891. The predicted octanol–water partition coefficient (Wildman–Crippen LogP) is 4.01. The molecular formula is C24H25N3O2. The molecule has 2 heterocycles. The Kier molecular flexibility index (Phi) is 5.92. The maximum atomic E-state index is 13.0. The third-order valence-corrected chi connectivity index (χ3v) is 5.55. The van der Waals surface area contributed by atoms with Crippen molar-refractivity contribution in [3.05, 3.63) is 71.4 Å². The Hall–Kier alpha value is -3.10. The zero-order chi connectivity index (χ0) is 20.1. The van der Waals surface area contributed by atoms with Crippen LogP contribution in [-0.2, 0) is 17.7 Å². The molecule has 29 heavy (non-hydrogen) atoms. The first-order chi connectivity index (χ1) is 14.3. The van der Waals surface area contributed by atoms with Crippen LogP contribution in [0.1, 0.15) is 34.3 Å². The number of carbonyl (C=O) groups excluding carboxylic acids is 1. The number of para-hydroxylation sites is 1. The fourth-order valence-electron chi connectivity index (χ4n) is 3.98. The molecule has 5 nitrogen and oxygen atoms in total. The number of ether oxygens (including phenoxy) is 1. The monoisotopic (exact) mass is 387 g/mol. The number of carbonyl (C=O) groups is 1. The number of morpholine rings is 1. The Morgan fingerprint density at radius 1 is 1.03 bits per heavy atom. The molecule has 2 aromatic carbocycles. The number of hydrogen-bond donors (Lipinski definition) is 0. The van der Waals surface area contributed by atoms with Gasteiger partial charge in [0.15, 0.2) is 0 Å². The van der Waals surface area contributed by atoms with Crippen LogP contribution in [0.15, 0.2) is 54.7 Å². The highest BCUT2D eigenvalue weighted by molar-refractivity contribution is 6.07. The first kappa shape index (κ1) is 19.2. The van der Waals surface area contributed by atoms with Crippen LogP contribution in [0, 0.1) is 11.3 Å². The summed E-state index contributed by atoms with van der Waals surface area (Å²) < 4.78 is 7.57. The summed E-state index contributed by atoms with van der Waals surface area (Å²) in [5, 5.41) is 10.2. The van der Waals surface area contributed by atoms with E-state index >= 15 is 0 Å². The van der Waals surface area contributed by atoms with Gasteiger partial charge in [-0.25, -0.2) is 0 Å². The van der Waals surface area contributed by atoms with E-state index in [0.717, 1.165) is 53.4 Å². The summed E-state index contributed by atoms with van der Waals surface area (Å²) in [4.78, 5) is 14.9. The van der Waals surface area contributed by atoms with E-state index in [0.29, 0.717) is 26.3 Å². The Bertz CT molecular complexity index is 1040. The Morgan fingerprint density at radius 2 is 1.79 bits per heavy atom. The highest BCUT2D eigenvalue weighted by Gasteiger charge is 2.22. The standard InChI is InChI=1S/C24H25N3O2/c25-17-20-9-2-1-7-19(20)8-5-6-12-27-18-22(21-10-3-4-11-23(21)27)24(28)26-13-15-29-16-14-26/h1-4,7,9-11,18H,5-6,8,12-16H2. The molecule has 4 rings (SSSR count). The molecule has 0 spiro atoms. The van der Waals surface area contributed by atoms with Crippen LogP contribution in [0.4, 0.5) is 0 Å². The lowest BCUT2D eigenvalue weighted by Crippen LogP contribution is -2.40. The van der Waals surface area contributed by atoms with E-state index in [-0.39, 0.29) is 5.91 Å². The van der Waals surface area contributed by atoms with Gasteiger partial charge in [-0.15, -0.1) is 0 Å². The first-order valence-corrected chi connectivity index (χ1v) is 10.2. The lowest BCUT2D eigenvalue weighted by molar-refractivity contribution is 0.0304. The average molecular weight is 387 g/mol. The Morgan fingerprint density at radius 3 is 2.62 bits per heavy atom. The van der Waals surface area contributed by atoms with Gasteiger partial charge in [0.2, 0.25) is 0 Å². The normalized spacial score (nSPS) is 14.1. The van der Waals surface area contributed by atoms with Crippen molar-refractivity contribution in [3.63, 3.8) is 0 Å². The second kappa shape index (κ2) is 8.93. The maximum absolute atomic E-state index is 13.0. The number of amides is 1. The van der Waals surface area contributed by atoms with Crippen LogP contribution in [-0.4, -0.2) is 41.7 Å². The molecule has 5 heteroatoms. The lowest BCUT2D eigenvalue weighted by Gasteiger charge is -2.26. The quantitative estimate of drug-likeness (QED) is 0.601. The number of nitriles is 1. The molecule has 1 amide bonds. The predicted molar refractivity (Wildman–Crippen MR) is 113 cm³/mol. The van der Waals surface area contributed by atoms with Crippen molar-refractivity contribution >= 4 is 16.8 Å². The van der Waals surface area contributed by atoms with Gasteiger partial charge in [-0.1, -0.05) is 36.4 Å². The molecule has 0 atom stereocenters. The molecule has 0 aliphatic carbocycles. The molecule has 0 bridgehead atoms. The highest BCUT2D eigenvalue weighted by Crippen LogP contribution is 2.24. The number of rotatable bonds is 6. The Labute approximate surface area is 171 Å². The molecular weight excluding hydrogens is 362 g/mol. The zero-order valence-corrected chi connectivity index (χ0v) is 16.5. The number of aromatic nitrogens is 1. The summed E-state index contributed by atoms with van der Waals surface area (Å²) in [5.41, 5.74) is 3.74. The zero-order valence-electron chi connectivity index (χ0n) is 16.5.